The van der Waals surface area contributed by atoms with Crippen molar-refractivity contribution in [2.75, 3.05) is 13.1 Å². The molecule has 122 valence electrons. The third kappa shape index (κ3) is 4.40. The highest BCUT2D eigenvalue weighted by atomic mass is 35.5. The van der Waals surface area contributed by atoms with E-state index in [0.29, 0.717) is 31.3 Å². The Morgan fingerprint density at radius 1 is 1.35 bits per heavy atom. The second kappa shape index (κ2) is 7.89. The van der Waals surface area contributed by atoms with Gasteiger partial charge in [0.25, 0.3) is 0 Å². The number of carbonyl (C=O) groups excluding carboxylic acids is 1. The van der Waals surface area contributed by atoms with E-state index in [1.807, 2.05) is 6.07 Å². The maximum atomic E-state index is 13.2. The minimum absolute atomic E-state index is 0. The van der Waals surface area contributed by atoms with E-state index in [9.17, 15) is 9.18 Å². The Morgan fingerprint density at radius 3 is 2.87 bits per heavy atom. The van der Waals surface area contributed by atoms with Crippen LogP contribution in [0.1, 0.15) is 5.56 Å². The average Bonchev–Trinajstić information content (AvgIpc) is 2.44. The summed E-state index contributed by atoms with van der Waals surface area (Å²) in [5, 5.41) is 5.92. The van der Waals surface area contributed by atoms with Gasteiger partial charge in [-0.25, -0.2) is 9.37 Å². The molecule has 1 amide bonds. The van der Waals surface area contributed by atoms with Crippen molar-refractivity contribution in [2.24, 2.45) is 5.92 Å². The maximum absolute atomic E-state index is 13.2. The number of ether oxygens (including phenoxy) is 1. The van der Waals surface area contributed by atoms with Crippen LogP contribution in [0.25, 0.3) is 0 Å². The molecule has 1 aromatic carbocycles. The van der Waals surface area contributed by atoms with Crippen molar-refractivity contribution in [3.05, 3.63) is 54.0 Å². The number of halogens is 2. The van der Waals surface area contributed by atoms with Crippen molar-refractivity contribution in [2.45, 2.75) is 6.54 Å². The third-order valence-corrected chi connectivity index (χ3v) is 3.47. The number of pyridine rings is 1. The minimum Gasteiger partial charge on any atom is -0.439 e. The van der Waals surface area contributed by atoms with Crippen LogP contribution in [0.2, 0.25) is 0 Å². The van der Waals surface area contributed by atoms with Gasteiger partial charge in [0.15, 0.2) is 0 Å². The Hall–Kier alpha value is -2.18. The Bertz CT molecular complexity index is 680. The first-order chi connectivity index (χ1) is 10.7. The number of benzene rings is 1. The van der Waals surface area contributed by atoms with Gasteiger partial charge in [0.2, 0.25) is 11.8 Å². The number of carbonyl (C=O) groups is 1. The number of hydrogen-bond donors (Lipinski definition) is 2. The normalized spacial score (nSPS) is 13.6. The van der Waals surface area contributed by atoms with E-state index >= 15 is 0 Å². The summed E-state index contributed by atoms with van der Waals surface area (Å²) in [4.78, 5) is 16.0. The zero-order valence-electron chi connectivity index (χ0n) is 12.3. The summed E-state index contributed by atoms with van der Waals surface area (Å²) in [6.45, 7) is 1.75. The molecule has 1 saturated heterocycles. The van der Waals surface area contributed by atoms with Crippen molar-refractivity contribution < 1.29 is 13.9 Å². The van der Waals surface area contributed by atoms with Gasteiger partial charge in [-0.2, -0.15) is 0 Å². The summed E-state index contributed by atoms with van der Waals surface area (Å²) >= 11 is 0. The third-order valence-electron chi connectivity index (χ3n) is 3.47. The Balaban J connectivity index is 0.00000192. The lowest BCUT2D eigenvalue weighted by molar-refractivity contribution is -0.126. The maximum Gasteiger partial charge on any atom is 0.225 e. The van der Waals surface area contributed by atoms with Gasteiger partial charge in [0, 0.05) is 37.5 Å². The van der Waals surface area contributed by atoms with Gasteiger partial charge in [-0.15, -0.1) is 12.4 Å². The first-order valence-electron chi connectivity index (χ1n) is 7.08. The number of aromatic nitrogens is 1. The molecule has 2 aromatic rings. The summed E-state index contributed by atoms with van der Waals surface area (Å²) in [6.07, 6.45) is 1.59. The standard InChI is InChI=1S/C16H16FN3O2.ClH/c17-13-4-1-5-14(7-13)22-16-11(3-2-6-19-16)10-20-15(21)12-8-18-9-12;/h1-7,12,18H,8-10H2,(H,20,21);1H. The second-order valence-corrected chi connectivity index (χ2v) is 5.10. The van der Waals surface area contributed by atoms with Crippen molar-refractivity contribution in [1.29, 1.82) is 0 Å². The molecule has 0 bridgehead atoms. The monoisotopic (exact) mass is 337 g/mol. The summed E-state index contributed by atoms with van der Waals surface area (Å²) in [5.74, 6) is 0.402. The van der Waals surface area contributed by atoms with E-state index in [0.717, 1.165) is 5.56 Å². The fraction of sp³-hybridized carbons (Fsp3) is 0.250. The van der Waals surface area contributed by atoms with Gasteiger partial charge in [-0.3, -0.25) is 4.79 Å². The zero-order chi connectivity index (χ0) is 15.4. The molecule has 0 radical (unpaired) electrons. The molecule has 1 aliphatic rings. The molecule has 1 fully saturated rings. The predicted octanol–water partition coefficient (Wildman–Crippen LogP) is 2.27. The molecule has 7 heteroatoms. The van der Waals surface area contributed by atoms with E-state index in [4.69, 9.17) is 4.74 Å². The van der Waals surface area contributed by atoms with Crippen LogP contribution in [-0.2, 0) is 11.3 Å². The highest BCUT2D eigenvalue weighted by Crippen LogP contribution is 2.23. The van der Waals surface area contributed by atoms with Crippen LogP contribution in [0.5, 0.6) is 11.6 Å². The number of rotatable bonds is 5. The molecular weight excluding hydrogens is 321 g/mol. The summed E-state index contributed by atoms with van der Waals surface area (Å²) < 4.78 is 18.8. The van der Waals surface area contributed by atoms with Crippen LogP contribution in [0, 0.1) is 11.7 Å². The Kier molecular flexibility index (Phi) is 5.90. The van der Waals surface area contributed by atoms with Crippen LogP contribution in [0.3, 0.4) is 0 Å². The lowest BCUT2D eigenvalue weighted by Gasteiger charge is -2.25. The van der Waals surface area contributed by atoms with Crippen LogP contribution in [-0.4, -0.2) is 24.0 Å². The fourth-order valence-corrected chi connectivity index (χ4v) is 2.09. The molecule has 5 nitrogen and oxygen atoms in total. The van der Waals surface area contributed by atoms with Gasteiger partial charge in [0.05, 0.1) is 5.92 Å². The number of nitrogens with zero attached hydrogens (tertiary/aromatic N) is 1. The van der Waals surface area contributed by atoms with Crippen LogP contribution < -0.4 is 15.4 Å². The molecule has 2 heterocycles. The fourth-order valence-electron chi connectivity index (χ4n) is 2.09. The van der Waals surface area contributed by atoms with Crippen molar-refractivity contribution >= 4 is 18.3 Å². The molecule has 0 saturated carbocycles. The number of nitrogens with one attached hydrogen (secondary N) is 2. The second-order valence-electron chi connectivity index (χ2n) is 5.10. The van der Waals surface area contributed by atoms with Crippen LogP contribution in [0.15, 0.2) is 42.6 Å². The molecule has 0 unspecified atom stereocenters. The highest BCUT2D eigenvalue weighted by Gasteiger charge is 2.24. The summed E-state index contributed by atoms with van der Waals surface area (Å²) in [6, 6.07) is 9.45. The van der Waals surface area contributed by atoms with Crippen LogP contribution in [0.4, 0.5) is 4.39 Å². The molecule has 3 rings (SSSR count). The Morgan fingerprint density at radius 2 is 2.17 bits per heavy atom. The molecular formula is C16H17ClFN3O2. The van der Waals surface area contributed by atoms with Crippen molar-refractivity contribution in [3.63, 3.8) is 0 Å². The summed E-state index contributed by atoms with van der Waals surface area (Å²) in [5.41, 5.74) is 0.743. The quantitative estimate of drug-likeness (QED) is 0.878. The van der Waals surface area contributed by atoms with Crippen molar-refractivity contribution in [3.8, 4) is 11.6 Å². The van der Waals surface area contributed by atoms with E-state index in [-0.39, 0.29) is 30.0 Å². The van der Waals surface area contributed by atoms with E-state index < -0.39 is 0 Å². The lowest BCUT2D eigenvalue weighted by atomic mass is 10.0. The molecule has 0 aliphatic carbocycles. The first-order valence-corrected chi connectivity index (χ1v) is 7.08. The van der Waals surface area contributed by atoms with E-state index in [2.05, 4.69) is 15.6 Å². The van der Waals surface area contributed by atoms with E-state index in [1.54, 1.807) is 24.4 Å². The Labute approximate surface area is 139 Å². The van der Waals surface area contributed by atoms with Crippen molar-refractivity contribution in [1.82, 2.24) is 15.6 Å². The van der Waals surface area contributed by atoms with Gasteiger partial charge in [-0.1, -0.05) is 12.1 Å². The molecule has 23 heavy (non-hydrogen) atoms. The largest absolute Gasteiger partial charge is 0.439 e. The van der Waals surface area contributed by atoms with E-state index in [1.165, 1.54) is 12.1 Å². The number of hydrogen-bond acceptors (Lipinski definition) is 4. The lowest BCUT2D eigenvalue weighted by Crippen LogP contribution is -2.50. The van der Waals surface area contributed by atoms with Gasteiger partial charge in [-0.05, 0) is 18.2 Å². The number of amides is 1. The van der Waals surface area contributed by atoms with Gasteiger partial charge < -0.3 is 15.4 Å². The smallest absolute Gasteiger partial charge is 0.225 e. The first kappa shape index (κ1) is 17.2. The molecule has 0 spiro atoms. The predicted molar refractivity (Wildman–Crippen MR) is 86.2 cm³/mol. The zero-order valence-corrected chi connectivity index (χ0v) is 13.1. The average molecular weight is 338 g/mol. The van der Waals surface area contributed by atoms with Crippen LogP contribution >= 0.6 is 12.4 Å². The molecule has 2 N–H and O–H groups in total. The molecule has 0 atom stereocenters. The van der Waals surface area contributed by atoms with Gasteiger partial charge >= 0.3 is 0 Å². The molecule has 1 aliphatic heterocycles. The summed E-state index contributed by atoms with van der Waals surface area (Å²) in [7, 11) is 0. The SMILES string of the molecule is Cl.O=C(NCc1cccnc1Oc1cccc(F)c1)C1CNC1. The molecule has 1 aromatic heterocycles. The topological polar surface area (TPSA) is 63.2 Å². The van der Waals surface area contributed by atoms with Gasteiger partial charge in [0.1, 0.15) is 11.6 Å². The highest BCUT2D eigenvalue weighted by molar-refractivity contribution is 5.85. The minimum atomic E-state index is -0.374.